The van der Waals surface area contributed by atoms with Crippen LogP contribution in [0.2, 0.25) is 0 Å². The average Bonchev–Trinajstić information content (AvgIpc) is 3.02. The minimum absolute atomic E-state index is 0.0278. The van der Waals surface area contributed by atoms with Crippen LogP contribution in [0.4, 0.5) is 0 Å². The van der Waals surface area contributed by atoms with Gasteiger partial charge >= 0.3 is 0 Å². The van der Waals surface area contributed by atoms with Crippen molar-refractivity contribution in [1.82, 2.24) is 0 Å². The maximum absolute atomic E-state index is 10.7. The van der Waals surface area contributed by atoms with Crippen molar-refractivity contribution >= 4 is 0 Å². The lowest BCUT2D eigenvalue weighted by atomic mass is 9.89. The highest BCUT2D eigenvalue weighted by atomic mass is 16.5. The van der Waals surface area contributed by atoms with Gasteiger partial charge in [-0.15, -0.1) is 0 Å². The van der Waals surface area contributed by atoms with E-state index in [0.29, 0.717) is 17.5 Å². The van der Waals surface area contributed by atoms with Crippen molar-refractivity contribution in [2.24, 2.45) is 35.5 Å². The number of phenolic OH excluding ortho intramolecular Hbond substituents is 2. The van der Waals surface area contributed by atoms with Crippen LogP contribution in [0.5, 0.6) is 23.0 Å². The predicted molar refractivity (Wildman–Crippen MR) is 209 cm³/mol. The number of hydrogen-bond donors (Lipinski definition) is 2. The second kappa shape index (κ2) is 25.2. The van der Waals surface area contributed by atoms with E-state index in [9.17, 15) is 10.2 Å². The topological polar surface area (TPSA) is 58.9 Å². The van der Waals surface area contributed by atoms with Crippen LogP contribution in [-0.2, 0) is 6.42 Å². The minimum atomic E-state index is 0.0278. The van der Waals surface area contributed by atoms with Gasteiger partial charge in [0.1, 0.15) is 0 Å². The van der Waals surface area contributed by atoms with Crippen LogP contribution in [0.1, 0.15) is 182 Å². The van der Waals surface area contributed by atoms with Crippen molar-refractivity contribution in [3.05, 3.63) is 22.8 Å². The summed E-state index contributed by atoms with van der Waals surface area (Å²) < 4.78 is 10.5. The van der Waals surface area contributed by atoms with Gasteiger partial charge in [-0.1, -0.05) is 163 Å². The Balaban J connectivity index is 2.16. The summed E-state index contributed by atoms with van der Waals surface area (Å²) in [5.74, 6) is 5.59. The predicted octanol–water partition coefficient (Wildman–Crippen LogP) is 13.8. The van der Waals surface area contributed by atoms with Gasteiger partial charge < -0.3 is 19.7 Å². The largest absolute Gasteiger partial charge is 0.504 e. The van der Waals surface area contributed by atoms with Crippen LogP contribution in [0.25, 0.3) is 0 Å². The first-order valence-electron chi connectivity index (χ1n) is 20.1. The summed E-state index contributed by atoms with van der Waals surface area (Å²) in [5, 5.41) is 21.2. The van der Waals surface area contributed by atoms with Gasteiger partial charge in [-0.2, -0.15) is 0 Å². The molecular formula is C44H80O4. The SMILES string of the molecule is COc1c(O)c(C)c(C/C=C(\C)CCCC(C)CCCC(C)CCCC(C)CCCC(C)CCCC(C)CCCC(C)C)c(O)c1OC. The van der Waals surface area contributed by atoms with Crippen molar-refractivity contribution in [3.8, 4) is 23.0 Å². The van der Waals surface area contributed by atoms with Crippen molar-refractivity contribution < 1.29 is 19.7 Å². The Morgan fingerprint density at radius 3 is 1.23 bits per heavy atom. The molecule has 4 nitrogen and oxygen atoms in total. The molecule has 0 bridgehead atoms. The molecule has 48 heavy (non-hydrogen) atoms. The summed E-state index contributed by atoms with van der Waals surface area (Å²) in [7, 11) is 2.94. The van der Waals surface area contributed by atoms with Crippen LogP contribution >= 0.6 is 0 Å². The first-order chi connectivity index (χ1) is 22.8. The molecule has 5 unspecified atom stereocenters. The van der Waals surface area contributed by atoms with E-state index in [0.717, 1.165) is 41.9 Å². The Morgan fingerprint density at radius 2 is 0.875 bits per heavy atom. The number of hydrogen-bond acceptors (Lipinski definition) is 4. The minimum Gasteiger partial charge on any atom is -0.504 e. The zero-order valence-electron chi connectivity index (χ0n) is 33.7. The van der Waals surface area contributed by atoms with Gasteiger partial charge in [0, 0.05) is 11.1 Å². The third-order valence-corrected chi connectivity index (χ3v) is 11.1. The second-order valence-corrected chi connectivity index (χ2v) is 16.6. The number of benzene rings is 1. The lowest BCUT2D eigenvalue weighted by Crippen LogP contribution is -2.03. The van der Waals surface area contributed by atoms with Gasteiger partial charge in [0.25, 0.3) is 0 Å². The molecule has 0 aromatic heterocycles. The summed E-state index contributed by atoms with van der Waals surface area (Å²) >= 11 is 0. The molecule has 1 rings (SSSR count). The van der Waals surface area contributed by atoms with Crippen molar-refractivity contribution in [2.45, 2.75) is 184 Å². The van der Waals surface area contributed by atoms with E-state index in [-0.39, 0.29) is 23.0 Å². The molecule has 1 aromatic carbocycles. The highest BCUT2D eigenvalue weighted by Crippen LogP contribution is 2.48. The van der Waals surface area contributed by atoms with E-state index < -0.39 is 0 Å². The molecule has 0 spiro atoms. The van der Waals surface area contributed by atoms with Crippen LogP contribution in [0.3, 0.4) is 0 Å². The molecule has 0 saturated carbocycles. The molecule has 1 aromatic rings. The fourth-order valence-corrected chi connectivity index (χ4v) is 7.43. The molecular weight excluding hydrogens is 592 g/mol. The third kappa shape index (κ3) is 18.2. The summed E-state index contributed by atoms with van der Waals surface area (Å²) in [4.78, 5) is 0. The number of ether oxygens (including phenoxy) is 2. The zero-order valence-corrected chi connectivity index (χ0v) is 33.7. The second-order valence-electron chi connectivity index (χ2n) is 16.6. The number of aromatic hydroxyl groups is 2. The van der Waals surface area contributed by atoms with E-state index >= 15 is 0 Å². The van der Waals surface area contributed by atoms with Crippen LogP contribution < -0.4 is 9.47 Å². The Bertz CT molecular complexity index is 1010. The van der Waals surface area contributed by atoms with Gasteiger partial charge in [0.05, 0.1) is 14.2 Å². The molecule has 0 aliphatic rings. The summed E-state index contributed by atoms with van der Waals surface area (Å²) in [5.41, 5.74) is 2.64. The van der Waals surface area contributed by atoms with Crippen molar-refractivity contribution in [1.29, 1.82) is 0 Å². The summed E-state index contributed by atoms with van der Waals surface area (Å²) in [6.45, 7) is 21.0. The molecule has 5 atom stereocenters. The monoisotopic (exact) mass is 673 g/mol. The quantitative estimate of drug-likeness (QED) is 0.0687. The molecule has 2 N–H and O–H groups in total. The first kappa shape index (κ1) is 44.2. The maximum Gasteiger partial charge on any atom is 0.207 e. The van der Waals surface area contributed by atoms with Crippen LogP contribution in [0, 0.1) is 42.4 Å². The fourth-order valence-electron chi connectivity index (χ4n) is 7.43. The van der Waals surface area contributed by atoms with E-state index in [1.54, 1.807) is 6.92 Å². The summed E-state index contributed by atoms with van der Waals surface area (Å²) in [6, 6.07) is 0. The summed E-state index contributed by atoms with van der Waals surface area (Å²) in [6.07, 6.45) is 27.2. The lowest BCUT2D eigenvalue weighted by Gasteiger charge is -2.17. The molecule has 0 radical (unpaired) electrons. The molecule has 0 fully saturated rings. The fraction of sp³-hybridized carbons (Fsp3) is 0.818. The Labute approximate surface area is 298 Å². The average molecular weight is 673 g/mol. The highest BCUT2D eigenvalue weighted by Gasteiger charge is 2.22. The standard InChI is InChI=1S/C44H80O4/c1-32(2)18-12-19-33(3)20-13-21-34(4)22-14-23-35(5)24-15-25-36(6)26-16-27-37(7)28-17-29-38(8)30-31-40-39(9)41(45)43(47-10)44(48-11)42(40)46/h30,32-37,45-46H,12-29,31H2,1-11H3/b38-30+. The van der Waals surface area contributed by atoms with Gasteiger partial charge in [0.15, 0.2) is 11.5 Å². The molecule has 0 aliphatic carbocycles. The third-order valence-electron chi connectivity index (χ3n) is 11.1. The number of phenols is 2. The van der Waals surface area contributed by atoms with E-state index in [1.165, 1.54) is 129 Å². The molecule has 0 saturated heterocycles. The van der Waals surface area contributed by atoms with Gasteiger partial charge in [-0.3, -0.25) is 0 Å². The molecule has 0 aliphatic heterocycles. The van der Waals surface area contributed by atoms with Crippen LogP contribution in [-0.4, -0.2) is 24.4 Å². The Hall–Kier alpha value is -1.84. The maximum atomic E-state index is 10.7. The normalized spacial score (nSPS) is 15.4. The van der Waals surface area contributed by atoms with Gasteiger partial charge in [0.2, 0.25) is 11.5 Å². The first-order valence-corrected chi connectivity index (χ1v) is 20.1. The van der Waals surface area contributed by atoms with E-state index in [4.69, 9.17) is 9.47 Å². The van der Waals surface area contributed by atoms with Gasteiger partial charge in [-0.05, 0) is 68.6 Å². The van der Waals surface area contributed by atoms with E-state index in [1.807, 2.05) is 0 Å². The highest BCUT2D eigenvalue weighted by molar-refractivity contribution is 5.66. The number of rotatable bonds is 28. The molecule has 0 heterocycles. The van der Waals surface area contributed by atoms with Crippen molar-refractivity contribution in [2.75, 3.05) is 14.2 Å². The van der Waals surface area contributed by atoms with E-state index in [2.05, 4.69) is 61.5 Å². The van der Waals surface area contributed by atoms with Crippen molar-refractivity contribution in [3.63, 3.8) is 0 Å². The Kier molecular flexibility index (Phi) is 23.2. The lowest BCUT2D eigenvalue weighted by molar-refractivity contribution is 0.314. The number of allylic oxidation sites excluding steroid dienone is 2. The number of methoxy groups -OCH3 is 2. The molecule has 0 amide bonds. The zero-order chi connectivity index (χ0) is 36.1. The smallest absolute Gasteiger partial charge is 0.207 e. The van der Waals surface area contributed by atoms with Gasteiger partial charge in [-0.25, -0.2) is 0 Å². The molecule has 280 valence electrons. The Morgan fingerprint density at radius 1 is 0.542 bits per heavy atom. The van der Waals surface area contributed by atoms with Crippen LogP contribution in [0.15, 0.2) is 11.6 Å². The molecule has 4 heteroatoms.